The summed E-state index contributed by atoms with van der Waals surface area (Å²) in [4.78, 5) is 0. The van der Waals surface area contributed by atoms with Crippen molar-refractivity contribution < 1.29 is 0 Å². The number of nitrogens with one attached hydrogen (secondary N) is 2. The zero-order chi connectivity index (χ0) is 9.86. The van der Waals surface area contributed by atoms with Gasteiger partial charge in [-0.2, -0.15) is 11.8 Å². The Morgan fingerprint density at radius 3 is 2.50 bits per heavy atom. The second-order valence-electron chi connectivity index (χ2n) is 4.68. The Bertz CT molecular complexity index is 174. The smallest absolute Gasteiger partial charge is 0.0318 e. The number of rotatable bonds is 4. The Morgan fingerprint density at radius 2 is 2.00 bits per heavy atom. The van der Waals surface area contributed by atoms with Crippen LogP contribution < -0.4 is 10.6 Å². The van der Waals surface area contributed by atoms with Crippen LogP contribution in [0.25, 0.3) is 0 Å². The summed E-state index contributed by atoms with van der Waals surface area (Å²) < 4.78 is 0.563. The Labute approximate surface area is 91.6 Å². The SMILES string of the molecule is CSC1(CNC2CNC2)CCCCC1. The zero-order valence-corrected chi connectivity index (χ0v) is 9.96. The third-order valence-corrected chi connectivity index (χ3v) is 5.11. The standard InChI is InChI=1S/C11H22N2S/c1-14-11(5-3-2-4-6-11)9-13-10-7-12-8-10/h10,12-13H,2-9H2,1H3. The van der Waals surface area contributed by atoms with E-state index in [2.05, 4.69) is 28.7 Å². The molecule has 1 saturated carbocycles. The lowest BCUT2D eigenvalue weighted by Crippen LogP contribution is -2.58. The van der Waals surface area contributed by atoms with E-state index >= 15 is 0 Å². The summed E-state index contributed by atoms with van der Waals surface area (Å²) in [5, 5.41) is 7.01. The highest BCUT2D eigenvalue weighted by Gasteiger charge is 2.32. The van der Waals surface area contributed by atoms with Crippen molar-refractivity contribution in [3.05, 3.63) is 0 Å². The monoisotopic (exact) mass is 214 g/mol. The summed E-state index contributed by atoms with van der Waals surface area (Å²) in [6.07, 6.45) is 9.44. The molecule has 0 atom stereocenters. The molecular formula is C11H22N2S. The van der Waals surface area contributed by atoms with Crippen molar-refractivity contribution in [1.82, 2.24) is 10.6 Å². The summed E-state index contributed by atoms with van der Waals surface area (Å²) in [6, 6.07) is 0.751. The molecule has 0 radical (unpaired) electrons. The Morgan fingerprint density at radius 1 is 1.29 bits per heavy atom. The topological polar surface area (TPSA) is 24.1 Å². The van der Waals surface area contributed by atoms with Crippen molar-refractivity contribution in [3.8, 4) is 0 Å². The van der Waals surface area contributed by atoms with Crippen LogP contribution in [-0.2, 0) is 0 Å². The van der Waals surface area contributed by atoms with Crippen LogP contribution in [-0.4, -0.2) is 36.7 Å². The maximum Gasteiger partial charge on any atom is 0.0318 e. The van der Waals surface area contributed by atoms with Crippen LogP contribution in [0.15, 0.2) is 0 Å². The van der Waals surface area contributed by atoms with Crippen molar-refractivity contribution in [2.45, 2.75) is 42.9 Å². The first-order valence-corrected chi connectivity index (χ1v) is 7.06. The molecule has 0 aromatic heterocycles. The molecule has 14 heavy (non-hydrogen) atoms. The van der Waals surface area contributed by atoms with Gasteiger partial charge in [0, 0.05) is 30.4 Å². The first-order valence-electron chi connectivity index (χ1n) is 5.84. The van der Waals surface area contributed by atoms with Gasteiger partial charge in [0.05, 0.1) is 0 Å². The highest BCUT2D eigenvalue weighted by atomic mass is 32.2. The lowest BCUT2D eigenvalue weighted by Gasteiger charge is -2.39. The Balaban J connectivity index is 1.77. The molecule has 3 heteroatoms. The first-order chi connectivity index (χ1) is 6.85. The molecule has 1 aliphatic carbocycles. The molecule has 1 saturated heterocycles. The van der Waals surface area contributed by atoms with E-state index < -0.39 is 0 Å². The average Bonchev–Trinajstić information content (AvgIpc) is 2.17. The Hall–Kier alpha value is 0.270. The summed E-state index contributed by atoms with van der Waals surface area (Å²) in [6.45, 7) is 3.56. The molecule has 2 N–H and O–H groups in total. The number of hydrogen-bond acceptors (Lipinski definition) is 3. The minimum Gasteiger partial charge on any atom is -0.314 e. The molecule has 2 aliphatic rings. The fourth-order valence-electron chi connectivity index (χ4n) is 2.41. The summed E-state index contributed by atoms with van der Waals surface area (Å²) in [7, 11) is 0. The molecule has 1 aliphatic heterocycles. The second-order valence-corrected chi connectivity index (χ2v) is 5.96. The summed E-state index contributed by atoms with van der Waals surface area (Å²) in [5.41, 5.74) is 0. The predicted molar refractivity (Wildman–Crippen MR) is 64.0 cm³/mol. The molecule has 0 spiro atoms. The third-order valence-electron chi connectivity index (χ3n) is 3.69. The lowest BCUT2D eigenvalue weighted by atomic mass is 9.88. The van der Waals surface area contributed by atoms with E-state index in [4.69, 9.17) is 0 Å². The minimum absolute atomic E-state index is 0.563. The molecule has 0 amide bonds. The van der Waals surface area contributed by atoms with Crippen LogP contribution in [0.2, 0.25) is 0 Å². The lowest BCUT2D eigenvalue weighted by molar-refractivity contribution is 0.317. The minimum atomic E-state index is 0.563. The van der Waals surface area contributed by atoms with E-state index in [9.17, 15) is 0 Å². The van der Waals surface area contributed by atoms with Crippen molar-refractivity contribution in [1.29, 1.82) is 0 Å². The van der Waals surface area contributed by atoms with E-state index in [-0.39, 0.29) is 0 Å². The molecule has 0 aromatic carbocycles. The largest absolute Gasteiger partial charge is 0.314 e. The van der Waals surface area contributed by atoms with E-state index in [1.807, 2.05) is 0 Å². The fourth-order valence-corrected chi connectivity index (χ4v) is 3.34. The second kappa shape index (κ2) is 4.86. The fraction of sp³-hybridized carbons (Fsp3) is 1.00. The summed E-state index contributed by atoms with van der Waals surface area (Å²) in [5.74, 6) is 0. The molecule has 2 fully saturated rings. The van der Waals surface area contributed by atoms with Crippen LogP contribution >= 0.6 is 11.8 Å². The zero-order valence-electron chi connectivity index (χ0n) is 9.14. The van der Waals surface area contributed by atoms with E-state index in [0.29, 0.717) is 4.75 Å². The van der Waals surface area contributed by atoms with Crippen molar-refractivity contribution in [2.75, 3.05) is 25.9 Å². The quantitative estimate of drug-likeness (QED) is 0.743. The molecule has 2 rings (SSSR count). The van der Waals surface area contributed by atoms with E-state index in [0.717, 1.165) is 6.04 Å². The molecule has 0 unspecified atom stereocenters. The number of hydrogen-bond donors (Lipinski definition) is 2. The van der Waals surface area contributed by atoms with Crippen molar-refractivity contribution in [3.63, 3.8) is 0 Å². The Kier molecular flexibility index (Phi) is 3.74. The molecule has 82 valence electrons. The maximum atomic E-state index is 3.70. The normalized spacial score (nSPS) is 27.2. The third kappa shape index (κ3) is 2.44. The molecule has 1 heterocycles. The van der Waals surface area contributed by atoms with Gasteiger partial charge in [-0.05, 0) is 19.1 Å². The van der Waals surface area contributed by atoms with Gasteiger partial charge >= 0.3 is 0 Å². The van der Waals surface area contributed by atoms with Gasteiger partial charge in [-0.25, -0.2) is 0 Å². The van der Waals surface area contributed by atoms with Crippen molar-refractivity contribution >= 4 is 11.8 Å². The highest BCUT2D eigenvalue weighted by molar-refractivity contribution is 8.00. The van der Waals surface area contributed by atoms with Gasteiger partial charge in [-0.3, -0.25) is 0 Å². The van der Waals surface area contributed by atoms with Crippen LogP contribution in [0, 0.1) is 0 Å². The van der Waals surface area contributed by atoms with Gasteiger partial charge < -0.3 is 10.6 Å². The van der Waals surface area contributed by atoms with Gasteiger partial charge in [0.2, 0.25) is 0 Å². The van der Waals surface area contributed by atoms with Crippen LogP contribution in [0.4, 0.5) is 0 Å². The van der Waals surface area contributed by atoms with Gasteiger partial charge in [0.1, 0.15) is 0 Å². The van der Waals surface area contributed by atoms with Gasteiger partial charge in [-0.1, -0.05) is 19.3 Å². The van der Waals surface area contributed by atoms with Gasteiger partial charge in [-0.15, -0.1) is 0 Å². The molecule has 2 nitrogen and oxygen atoms in total. The average molecular weight is 214 g/mol. The molecule has 0 aromatic rings. The maximum absolute atomic E-state index is 3.70. The van der Waals surface area contributed by atoms with Crippen molar-refractivity contribution in [2.24, 2.45) is 0 Å². The first kappa shape index (κ1) is 10.8. The predicted octanol–water partition coefficient (Wildman–Crippen LogP) is 1.61. The van der Waals surface area contributed by atoms with E-state index in [1.54, 1.807) is 0 Å². The summed E-state index contributed by atoms with van der Waals surface area (Å²) >= 11 is 2.09. The molecular weight excluding hydrogens is 192 g/mol. The van der Waals surface area contributed by atoms with Crippen LogP contribution in [0.5, 0.6) is 0 Å². The van der Waals surface area contributed by atoms with Crippen LogP contribution in [0.3, 0.4) is 0 Å². The van der Waals surface area contributed by atoms with E-state index in [1.165, 1.54) is 51.7 Å². The van der Waals surface area contributed by atoms with Crippen LogP contribution in [0.1, 0.15) is 32.1 Å². The molecule has 0 bridgehead atoms. The van der Waals surface area contributed by atoms with Gasteiger partial charge in [0.15, 0.2) is 0 Å². The van der Waals surface area contributed by atoms with Gasteiger partial charge in [0.25, 0.3) is 0 Å². The number of thioether (sulfide) groups is 1. The highest BCUT2D eigenvalue weighted by Crippen LogP contribution is 2.38.